The Balaban J connectivity index is 2.21. The monoisotopic (exact) mass is 457 g/mol. The number of anilines is 1. The van der Waals surface area contributed by atoms with E-state index in [1.165, 1.54) is 35.9 Å². The first-order chi connectivity index (χ1) is 15.4. The van der Waals surface area contributed by atoms with Crippen LogP contribution in [0.2, 0.25) is 0 Å². The van der Waals surface area contributed by atoms with Crippen LogP contribution in [0.15, 0.2) is 33.9 Å². The molecular weight excluding hydrogens is 429 g/mol. The molecule has 1 aromatic carbocycles. The highest BCUT2D eigenvalue weighted by atomic mass is 19.1. The third-order valence-electron chi connectivity index (χ3n) is 5.92. The van der Waals surface area contributed by atoms with E-state index in [9.17, 15) is 24.0 Å². The van der Waals surface area contributed by atoms with Gasteiger partial charge >= 0.3 is 11.8 Å². The minimum Gasteiger partial charge on any atom is -0.444 e. The summed E-state index contributed by atoms with van der Waals surface area (Å²) in [5.74, 6) is -0.224. The predicted octanol–water partition coefficient (Wildman–Crippen LogP) is 2.08. The minimum atomic E-state index is -0.893. The van der Waals surface area contributed by atoms with Crippen molar-refractivity contribution in [3.63, 3.8) is 0 Å². The first-order valence-electron chi connectivity index (χ1n) is 10.7. The lowest BCUT2D eigenvalue weighted by molar-refractivity contribution is 0.0395. The Morgan fingerprint density at radius 3 is 2.61 bits per heavy atom. The smallest absolute Gasteiger partial charge is 0.404 e. The fourth-order valence-electron chi connectivity index (χ4n) is 4.53. The van der Waals surface area contributed by atoms with E-state index in [4.69, 9.17) is 10.5 Å². The number of nitriles is 1. The molecule has 2 atom stereocenters. The Labute approximate surface area is 190 Å². The van der Waals surface area contributed by atoms with Crippen molar-refractivity contribution in [2.45, 2.75) is 52.3 Å². The van der Waals surface area contributed by atoms with Crippen molar-refractivity contribution in [2.75, 3.05) is 11.4 Å². The van der Waals surface area contributed by atoms with Crippen LogP contribution in [0.3, 0.4) is 0 Å². The maximum atomic E-state index is 14.0. The number of piperidine rings is 1. The number of hydrogen-bond acceptors (Lipinski definition) is 6. The van der Waals surface area contributed by atoms with Gasteiger partial charge in [0.1, 0.15) is 17.7 Å². The molecule has 33 heavy (non-hydrogen) atoms. The molecule has 2 N–H and O–H groups in total. The van der Waals surface area contributed by atoms with E-state index in [0.717, 1.165) is 4.57 Å². The number of halogens is 1. The predicted molar refractivity (Wildman–Crippen MR) is 120 cm³/mol. The summed E-state index contributed by atoms with van der Waals surface area (Å²) in [5, 5.41) is 9.45. The van der Waals surface area contributed by atoms with Crippen LogP contribution in [-0.4, -0.2) is 33.9 Å². The van der Waals surface area contributed by atoms with Gasteiger partial charge in [-0.05, 0) is 42.0 Å². The van der Waals surface area contributed by atoms with Gasteiger partial charge in [0.15, 0.2) is 0 Å². The zero-order valence-electron chi connectivity index (χ0n) is 19.2. The Morgan fingerprint density at radius 1 is 1.30 bits per heavy atom. The number of benzene rings is 1. The van der Waals surface area contributed by atoms with E-state index >= 15 is 0 Å². The molecule has 0 radical (unpaired) electrons. The Kier molecular flexibility index (Phi) is 6.63. The maximum absolute atomic E-state index is 14.0. The Morgan fingerprint density at radius 2 is 2.00 bits per heavy atom. The van der Waals surface area contributed by atoms with Gasteiger partial charge in [0.2, 0.25) is 0 Å². The number of primary amides is 1. The van der Waals surface area contributed by atoms with Crippen LogP contribution < -0.4 is 21.9 Å². The average molecular weight is 458 g/mol. The van der Waals surface area contributed by atoms with E-state index in [1.54, 1.807) is 0 Å². The standard InChI is InChI=1S/C23H28FN5O4/c1-23(2,3)20-17(33-21(26)31)6-5-9-28(20)18-11-19(30)27(4)22(32)29(18)13-15-10-16(24)8-7-14(15)12-25/h7-8,10-11,17,20H,5-6,9,13H2,1-4H3,(H2,26,31)/t17?,20-/m0/s1. The molecule has 0 aliphatic carbocycles. The van der Waals surface area contributed by atoms with Gasteiger partial charge < -0.3 is 15.4 Å². The highest BCUT2D eigenvalue weighted by molar-refractivity contribution is 5.65. The molecule has 9 nitrogen and oxygen atoms in total. The van der Waals surface area contributed by atoms with Crippen molar-refractivity contribution in [1.82, 2.24) is 9.13 Å². The number of nitrogens with zero attached hydrogens (tertiary/aromatic N) is 4. The fourth-order valence-corrected chi connectivity index (χ4v) is 4.53. The lowest BCUT2D eigenvalue weighted by Crippen LogP contribution is -2.58. The van der Waals surface area contributed by atoms with Gasteiger partial charge in [-0.1, -0.05) is 20.8 Å². The SMILES string of the molecule is Cn1c(=O)cc(N2CCCC(OC(N)=O)[C@H]2C(C)(C)C)n(Cc2cc(F)ccc2C#N)c1=O. The molecule has 176 valence electrons. The normalized spacial score (nSPS) is 18.6. The molecule has 0 spiro atoms. The van der Waals surface area contributed by atoms with Crippen LogP contribution in [0.25, 0.3) is 0 Å². The summed E-state index contributed by atoms with van der Waals surface area (Å²) >= 11 is 0. The van der Waals surface area contributed by atoms with Crippen molar-refractivity contribution >= 4 is 11.9 Å². The van der Waals surface area contributed by atoms with Gasteiger partial charge in [-0.25, -0.2) is 14.0 Å². The fraction of sp³-hybridized carbons (Fsp3) is 0.478. The van der Waals surface area contributed by atoms with Crippen molar-refractivity contribution in [3.05, 3.63) is 62.0 Å². The van der Waals surface area contributed by atoms with Crippen LogP contribution in [0.4, 0.5) is 15.0 Å². The summed E-state index contributed by atoms with van der Waals surface area (Å²) in [6.45, 7) is 6.30. The van der Waals surface area contributed by atoms with E-state index in [2.05, 4.69) is 0 Å². The first kappa shape index (κ1) is 24.0. The second-order valence-corrected chi connectivity index (χ2v) is 9.30. The second kappa shape index (κ2) is 9.10. The van der Waals surface area contributed by atoms with Crippen molar-refractivity contribution in [3.8, 4) is 6.07 Å². The third-order valence-corrected chi connectivity index (χ3v) is 5.92. The first-order valence-corrected chi connectivity index (χ1v) is 10.7. The van der Waals surface area contributed by atoms with Gasteiger partial charge in [-0.15, -0.1) is 0 Å². The summed E-state index contributed by atoms with van der Waals surface area (Å²) in [6, 6.07) is 6.71. The molecule has 0 saturated carbocycles. The number of amides is 1. The van der Waals surface area contributed by atoms with Crippen LogP contribution in [-0.2, 0) is 18.3 Å². The van der Waals surface area contributed by atoms with E-state index < -0.39 is 34.7 Å². The molecule has 1 aliphatic heterocycles. The molecule has 1 saturated heterocycles. The van der Waals surface area contributed by atoms with Gasteiger partial charge in [0, 0.05) is 19.7 Å². The highest BCUT2D eigenvalue weighted by Crippen LogP contribution is 2.36. The van der Waals surface area contributed by atoms with Crippen molar-refractivity contribution in [1.29, 1.82) is 5.26 Å². The lowest BCUT2D eigenvalue weighted by atomic mass is 9.78. The van der Waals surface area contributed by atoms with Gasteiger partial charge in [0.25, 0.3) is 5.56 Å². The van der Waals surface area contributed by atoms with Crippen LogP contribution >= 0.6 is 0 Å². The second-order valence-electron chi connectivity index (χ2n) is 9.30. The van der Waals surface area contributed by atoms with Gasteiger partial charge in [-0.2, -0.15) is 5.26 Å². The summed E-state index contributed by atoms with van der Waals surface area (Å²) in [4.78, 5) is 39.2. The number of carbonyl (C=O) groups excluding carboxylic acids is 1. The van der Waals surface area contributed by atoms with Crippen LogP contribution in [0, 0.1) is 22.6 Å². The molecule has 1 amide bonds. The topological polar surface area (TPSA) is 123 Å². The van der Waals surface area contributed by atoms with Crippen LogP contribution in [0.1, 0.15) is 44.7 Å². The molecule has 1 aliphatic rings. The number of hydrogen-bond donors (Lipinski definition) is 1. The van der Waals surface area contributed by atoms with Crippen molar-refractivity contribution < 1.29 is 13.9 Å². The largest absolute Gasteiger partial charge is 0.444 e. The van der Waals surface area contributed by atoms with Gasteiger partial charge in [-0.3, -0.25) is 13.9 Å². The molecule has 2 heterocycles. The molecule has 10 heteroatoms. The third kappa shape index (κ3) is 4.92. The average Bonchev–Trinajstić information content (AvgIpc) is 2.72. The number of aromatic nitrogens is 2. The molecule has 1 unspecified atom stereocenters. The molecule has 1 aromatic heterocycles. The van der Waals surface area contributed by atoms with E-state index in [1.807, 2.05) is 31.7 Å². The summed E-state index contributed by atoms with van der Waals surface area (Å²) in [6.07, 6.45) is -0.223. The summed E-state index contributed by atoms with van der Waals surface area (Å²) in [5.41, 5.74) is 4.32. The number of nitrogens with two attached hydrogens (primary N) is 1. The summed E-state index contributed by atoms with van der Waals surface area (Å²) in [7, 11) is 1.36. The van der Waals surface area contributed by atoms with Crippen LogP contribution in [0.5, 0.6) is 0 Å². The Bertz CT molecular complexity index is 1220. The quantitative estimate of drug-likeness (QED) is 0.750. The number of carbonyl (C=O) groups is 1. The molecule has 3 rings (SSSR count). The maximum Gasteiger partial charge on any atom is 0.404 e. The molecular formula is C23H28FN5O4. The minimum absolute atomic E-state index is 0.113. The highest BCUT2D eigenvalue weighted by Gasteiger charge is 2.42. The lowest BCUT2D eigenvalue weighted by Gasteiger charge is -2.48. The Hall–Kier alpha value is -3.61. The number of rotatable bonds is 4. The van der Waals surface area contributed by atoms with E-state index in [-0.39, 0.29) is 18.2 Å². The van der Waals surface area contributed by atoms with Gasteiger partial charge in [0.05, 0.1) is 24.2 Å². The molecule has 2 aromatic rings. The zero-order valence-corrected chi connectivity index (χ0v) is 19.2. The molecule has 0 bridgehead atoms. The number of ether oxygens (including phenoxy) is 1. The molecule has 1 fully saturated rings. The van der Waals surface area contributed by atoms with E-state index in [0.29, 0.717) is 30.8 Å². The summed E-state index contributed by atoms with van der Waals surface area (Å²) < 4.78 is 21.7. The zero-order chi connectivity index (χ0) is 24.5. The van der Waals surface area contributed by atoms with Crippen molar-refractivity contribution in [2.24, 2.45) is 18.2 Å².